The number of benzene rings is 4. The molecular weight excluding hydrogens is 706 g/mol. The fourth-order valence-electron chi connectivity index (χ4n) is 7.27. The summed E-state index contributed by atoms with van der Waals surface area (Å²) in [5.74, 6) is -1.57. The van der Waals surface area contributed by atoms with Crippen LogP contribution in [-0.2, 0) is 14.4 Å². The van der Waals surface area contributed by atoms with Crippen molar-refractivity contribution in [1.29, 1.82) is 0 Å². The van der Waals surface area contributed by atoms with Gasteiger partial charge in [-0.2, -0.15) is 10.2 Å². The summed E-state index contributed by atoms with van der Waals surface area (Å²) in [4.78, 5) is 43.0. The Morgan fingerprint density at radius 3 is 2.41 bits per heavy atom. The van der Waals surface area contributed by atoms with E-state index in [0.29, 0.717) is 31.3 Å². The maximum atomic E-state index is 14.3. The SMILES string of the molecule is O=C1[C@@H]2[C@@H](N=NN2CC(=O)N2N=C3/C(=C/c4ccc(Cl)cc4Cl)CCC[C@H]3[C@H]2c2ccc(Cl)cc2Cl)C(=O)N1c1cccc2ccccc12. The Kier molecular flexibility index (Phi) is 8.19. The number of hydrogen-bond donors (Lipinski definition) is 0. The molecule has 4 atom stereocenters. The van der Waals surface area contributed by atoms with Crippen molar-refractivity contribution in [3.63, 3.8) is 0 Å². The highest BCUT2D eigenvalue weighted by molar-refractivity contribution is 6.36. The number of allylic oxidation sites excluding steroid dienone is 1. The van der Waals surface area contributed by atoms with Crippen LogP contribution in [0.25, 0.3) is 16.8 Å². The molecule has 1 saturated heterocycles. The Morgan fingerprint density at radius 1 is 0.857 bits per heavy atom. The van der Waals surface area contributed by atoms with E-state index in [4.69, 9.17) is 51.5 Å². The van der Waals surface area contributed by atoms with Crippen LogP contribution in [0.4, 0.5) is 5.69 Å². The van der Waals surface area contributed by atoms with Gasteiger partial charge >= 0.3 is 0 Å². The number of carbonyl (C=O) groups excluding carboxylic acids is 3. The Labute approximate surface area is 301 Å². The van der Waals surface area contributed by atoms with E-state index in [1.54, 1.807) is 36.4 Å². The fourth-order valence-corrected chi connectivity index (χ4v) is 8.25. The van der Waals surface area contributed by atoms with E-state index in [1.165, 1.54) is 10.0 Å². The first kappa shape index (κ1) is 32.0. The zero-order valence-electron chi connectivity index (χ0n) is 25.6. The largest absolute Gasteiger partial charge is 0.271 e. The Hall–Kier alpha value is -4.28. The molecule has 9 nitrogen and oxygen atoms in total. The maximum absolute atomic E-state index is 14.3. The number of rotatable bonds is 5. The highest BCUT2D eigenvalue weighted by atomic mass is 35.5. The van der Waals surface area contributed by atoms with Crippen molar-refractivity contribution in [3.05, 3.63) is 116 Å². The number of anilines is 1. The summed E-state index contributed by atoms with van der Waals surface area (Å²) in [6, 6.07) is 20.8. The summed E-state index contributed by atoms with van der Waals surface area (Å²) in [6.45, 7) is -0.333. The quantitative estimate of drug-likeness (QED) is 0.192. The van der Waals surface area contributed by atoms with E-state index >= 15 is 0 Å². The number of nitrogens with zero attached hydrogens (tertiary/aromatic N) is 6. The van der Waals surface area contributed by atoms with Gasteiger partial charge in [0, 0.05) is 31.4 Å². The normalized spacial score (nSPS) is 23.9. The van der Waals surface area contributed by atoms with Crippen LogP contribution in [-0.4, -0.2) is 52.1 Å². The average Bonchev–Trinajstić information content (AvgIpc) is 3.75. The summed E-state index contributed by atoms with van der Waals surface area (Å²) in [5, 5.41) is 19.5. The molecule has 0 aromatic heterocycles. The Morgan fingerprint density at radius 2 is 1.61 bits per heavy atom. The minimum Gasteiger partial charge on any atom is -0.271 e. The van der Waals surface area contributed by atoms with Crippen LogP contribution in [0, 0.1) is 5.92 Å². The first-order valence-electron chi connectivity index (χ1n) is 15.7. The maximum Gasteiger partial charge on any atom is 0.264 e. The zero-order chi connectivity index (χ0) is 34.0. The molecule has 8 rings (SSSR count). The lowest BCUT2D eigenvalue weighted by Crippen LogP contribution is -2.45. The van der Waals surface area contributed by atoms with E-state index in [2.05, 4.69) is 10.3 Å². The van der Waals surface area contributed by atoms with E-state index in [9.17, 15) is 14.4 Å². The second-order valence-corrected chi connectivity index (χ2v) is 14.1. The van der Waals surface area contributed by atoms with Crippen molar-refractivity contribution in [2.75, 3.05) is 11.4 Å². The molecule has 3 amide bonds. The molecule has 13 heteroatoms. The average molecular weight is 732 g/mol. The molecule has 3 heterocycles. The molecule has 4 aromatic rings. The summed E-state index contributed by atoms with van der Waals surface area (Å²) >= 11 is 25.7. The van der Waals surface area contributed by atoms with Gasteiger partial charge < -0.3 is 0 Å². The lowest BCUT2D eigenvalue weighted by atomic mass is 9.77. The molecule has 0 bridgehead atoms. The van der Waals surface area contributed by atoms with E-state index in [0.717, 1.165) is 51.8 Å². The molecule has 4 aliphatic rings. The number of fused-ring (bicyclic) bond motifs is 3. The van der Waals surface area contributed by atoms with Gasteiger partial charge in [-0.3, -0.25) is 19.4 Å². The van der Waals surface area contributed by atoms with Crippen LogP contribution in [0.15, 0.2) is 99.9 Å². The minimum atomic E-state index is -1.06. The van der Waals surface area contributed by atoms with Crippen LogP contribution in [0.5, 0.6) is 0 Å². The fraction of sp³-hybridized carbons (Fsp3) is 0.222. The summed E-state index contributed by atoms with van der Waals surface area (Å²) in [5.41, 5.74) is 3.67. The zero-order valence-corrected chi connectivity index (χ0v) is 28.7. The second-order valence-electron chi connectivity index (χ2n) is 12.4. The topological polar surface area (TPSA) is 98.0 Å². The molecule has 1 saturated carbocycles. The molecule has 0 spiro atoms. The molecule has 246 valence electrons. The van der Waals surface area contributed by atoms with Gasteiger partial charge in [0.25, 0.3) is 17.7 Å². The predicted octanol–water partition coefficient (Wildman–Crippen LogP) is 8.57. The standard InChI is InChI=1S/C36H26Cl4N6O3/c37-22-12-11-20(27(39)16-22)15-21-7-3-9-26-31(21)42-46(33(26)25-14-13-23(38)17-28(25)40)30(47)18-44-34-32(41-43-44)35(48)45(36(34)49)29-10-4-6-19-5-1-2-8-24(19)29/h1-2,4-6,8,10-17,26,32-34H,3,7,9,18H2/b21-15+/t26-,32-,33-,34+/m1/s1. The van der Waals surface area contributed by atoms with Gasteiger partial charge in [0.05, 0.1) is 17.4 Å². The molecule has 49 heavy (non-hydrogen) atoms. The lowest BCUT2D eigenvalue weighted by Gasteiger charge is -2.31. The number of hydrogen-bond acceptors (Lipinski definition) is 7. The number of amides is 3. The van der Waals surface area contributed by atoms with Gasteiger partial charge in [-0.25, -0.2) is 9.91 Å². The Bertz CT molecular complexity index is 2160. The molecule has 2 fully saturated rings. The third kappa shape index (κ3) is 5.49. The first-order valence-corrected chi connectivity index (χ1v) is 17.3. The van der Waals surface area contributed by atoms with Crippen LogP contribution < -0.4 is 4.90 Å². The molecule has 0 unspecified atom stereocenters. The van der Waals surface area contributed by atoms with Crippen LogP contribution in [0.2, 0.25) is 20.1 Å². The predicted molar refractivity (Wildman–Crippen MR) is 191 cm³/mol. The molecule has 1 aliphatic carbocycles. The monoisotopic (exact) mass is 730 g/mol. The number of carbonyl (C=O) groups is 3. The molecule has 0 radical (unpaired) electrons. The van der Waals surface area contributed by atoms with Gasteiger partial charge in [0.2, 0.25) is 0 Å². The van der Waals surface area contributed by atoms with E-state index in [-0.39, 0.29) is 12.5 Å². The summed E-state index contributed by atoms with van der Waals surface area (Å²) in [6.07, 6.45) is 4.35. The second kappa shape index (κ2) is 12.6. The number of hydrazone groups is 1. The first-order chi connectivity index (χ1) is 23.7. The van der Waals surface area contributed by atoms with Gasteiger partial charge in [0.1, 0.15) is 6.54 Å². The molecule has 3 aliphatic heterocycles. The van der Waals surface area contributed by atoms with Crippen molar-refractivity contribution < 1.29 is 14.4 Å². The van der Waals surface area contributed by atoms with E-state index in [1.807, 2.05) is 48.5 Å². The van der Waals surface area contributed by atoms with E-state index < -0.39 is 35.8 Å². The molecule has 0 N–H and O–H groups in total. The van der Waals surface area contributed by atoms with Gasteiger partial charge in [-0.1, -0.05) is 100 Å². The van der Waals surface area contributed by atoms with Crippen LogP contribution >= 0.6 is 46.4 Å². The third-order valence-corrected chi connectivity index (χ3v) is 10.6. The smallest absolute Gasteiger partial charge is 0.264 e. The summed E-state index contributed by atoms with van der Waals surface area (Å²) in [7, 11) is 0. The highest BCUT2D eigenvalue weighted by Crippen LogP contribution is 2.47. The van der Waals surface area contributed by atoms with Crippen molar-refractivity contribution in [2.45, 2.75) is 37.4 Å². The van der Waals surface area contributed by atoms with Crippen LogP contribution in [0.1, 0.15) is 36.4 Å². The van der Waals surface area contributed by atoms with Gasteiger partial charge in [-0.15, -0.1) is 0 Å². The van der Waals surface area contributed by atoms with Crippen LogP contribution in [0.3, 0.4) is 0 Å². The summed E-state index contributed by atoms with van der Waals surface area (Å²) < 4.78 is 0. The van der Waals surface area contributed by atoms with Crippen molar-refractivity contribution in [2.24, 2.45) is 21.4 Å². The minimum absolute atomic E-state index is 0.168. The lowest BCUT2D eigenvalue weighted by molar-refractivity contribution is -0.136. The molecular formula is C36H26Cl4N6O3. The Balaban J connectivity index is 1.12. The number of imide groups is 1. The van der Waals surface area contributed by atoms with Gasteiger partial charge in [-0.05, 0) is 77.8 Å². The molecule has 4 aromatic carbocycles. The van der Waals surface area contributed by atoms with Crippen molar-refractivity contribution in [3.8, 4) is 0 Å². The third-order valence-electron chi connectivity index (χ3n) is 9.49. The van der Waals surface area contributed by atoms with Crippen molar-refractivity contribution in [1.82, 2.24) is 10.0 Å². The van der Waals surface area contributed by atoms with Gasteiger partial charge in [0.15, 0.2) is 12.1 Å². The number of halogens is 4. The highest BCUT2D eigenvalue weighted by Gasteiger charge is 2.56. The van der Waals surface area contributed by atoms with Crippen molar-refractivity contribution >= 4 is 92.4 Å².